The third-order valence-electron chi connectivity index (χ3n) is 3.87. The summed E-state index contributed by atoms with van der Waals surface area (Å²) in [6.45, 7) is 1.48. The molecule has 0 unspecified atom stereocenters. The third kappa shape index (κ3) is 3.88. The van der Waals surface area contributed by atoms with Gasteiger partial charge in [-0.15, -0.1) is 0 Å². The predicted molar refractivity (Wildman–Crippen MR) is 90.4 cm³/mol. The van der Waals surface area contributed by atoms with Gasteiger partial charge in [0, 0.05) is 24.8 Å². The molecule has 1 N–H and O–H groups in total. The molecule has 0 fully saturated rings. The molecule has 1 aliphatic heterocycles. The topological polar surface area (TPSA) is 88.9 Å². The Morgan fingerprint density at radius 1 is 1.28 bits per heavy atom. The molecule has 25 heavy (non-hydrogen) atoms. The van der Waals surface area contributed by atoms with Crippen LogP contribution in [-0.2, 0) is 20.7 Å². The highest BCUT2D eigenvalue weighted by atomic mass is 16.5. The zero-order valence-corrected chi connectivity index (χ0v) is 13.8. The van der Waals surface area contributed by atoms with Crippen LogP contribution in [0.15, 0.2) is 41.0 Å². The van der Waals surface area contributed by atoms with Gasteiger partial charge in [-0.05, 0) is 42.7 Å². The molecule has 0 radical (unpaired) electrons. The molecule has 3 rings (SSSR count). The summed E-state index contributed by atoms with van der Waals surface area (Å²) >= 11 is 0. The lowest BCUT2D eigenvalue weighted by atomic mass is 10.0. The highest BCUT2D eigenvalue weighted by Gasteiger charge is 2.25. The Labute approximate surface area is 144 Å². The summed E-state index contributed by atoms with van der Waals surface area (Å²) in [7, 11) is 0. The molecule has 1 aromatic heterocycles. The fourth-order valence-electron chi connectivity index (χ4n) is 2.76. The standard InChI is InChI=1S/C18H18N2O5/c1-12(21)25-11-17(22)19-14-7-6-13-4-2-8-20(15(13)10-14)18(23)16-5-3-9-24-16/h3,5-7,9-10H,2,4,8,11H2,1H3,(H,19,22). The van der Waals surface area contributed by atoms with Gasteiger partial charge in [-0.1, -0.05) is 6.07 Å². The lowest BCUT2D eigenvalue weighted by molar-refractivity contribution is -0.144. The van der Waals surface area contributed by atoms with Crippen molar-refractivity contribution >= 4 is 29.2 Å². The summed E-state index contributed by atoms with van der Waals surface area (Å²) in [4.78, 5) is 36.8. The number of furan rings is 1. The molecule has 2 amide bonds. The van der Waals surface area contributed by atoms with Crippen molar-refractivity contribution in [1.82, 2.24) is 0 Å². The minimum absolute atomic E-state index is 0.214. The fraction of sp³-hybridized carbons (Fsp3) is 0.278. The van der Waals surface area contributed by atoms with E-state index in [0.29, 0.717) is 12.2 Å². The number of nitrogens with zero attached hydrogens (tertiary/aromatic N) is 1. The van der Waals surface area contributed by atoms with Crippen LogP contribution in [0.3, 0.4) is 0 Å². The van der Waals surface area contributed by atoms with Crippen LogP contribution in [0.5, 0.6) is 0 Å². The van der Waals surface area contributed by atoms with Crippen molar-refractivity contribution in [2.45, 2.75) is 19.8 Å². The number of ether oxygens (including phenoxy) is 1. The van der Waals surface area contributed by atoms with Crippen LogP contribution in [0.4, 0.5) is 11.4 Å². The second kappa shape index (κ2) is 7.21. The lowest BCUT2D eigenvalue weighted by Gasteiger charge is -2.29. The van der Waals surface area contributed by atoms with Crippen molar-refractivity contribution in [3.8, 4) is 0 Å². The molecule has 0 spiro atoms. The SMILES string of the molecule is CC(=O)OCC(=O)Nc1ccc2c(c1)N(C(=O)c1ccco1)CCC2. The molecule has 1 aliphatic rings. The molecule has 130 valence electrons. The van der Waals surface area contributed by atoms with Crippen molar-refractivity contribution in [2.24, 2.45) is 0 Å². The number of nitrogens with one attached hydrogen (secondary N) is 1. The van der Waals surface area contributed by atoms with Gasteiger partial charge < -0.3 is 19.4 Å². The normalized spacial score (nSPS) is 13.1. The van der Waals surface area contributed by atoms with Gasteiger partial charge in [0.15, 0.2) is 12.4 Å². The van der Waals surface area contributed by atoms with E-state index in [2.05, 4.69) is 10.1 Å². The molecule has 0 bridgehead atoms. The van der Waals surface area contributed by atoms with Crippen molar-refractivity contribution < 1.29 is 23.5 Å². The number of amides is 2. The maximum absolute atomic E-state index is 12.6. The highest BCUT2D eigenvalue weighted by molar-refractivity contribution is 6.05. The van der Waals surface area contributed by atoms with Gasteiger partial charge in [0.1, 0.15) is 0 Å². The van der Waals surface area contributed by atoms with Gasteiger partial charge in [0.2, 0.25) is 0 Å². The second-order valence-electron chi connectivity index (χ2n) is 5.71. The van der Waals surface area contributed by atoms with Gasteiger partial charge in [-0.25, -0.2) is 0 Å². The molecule has 7 nitrogen and oxygen atoms in total. The first-order valence-electron chi connectivity index (χ1n) is 7.96. The summed E-state index contributed by atoms with van der Waals surface area (Å²) in [5.74, 6) is -0.892. The first-order valence-corrected chi connectivity index (χ1v) is 7.96. The van der Waals surface area contributed by atoms with E-state index in [-0.39, 0.29) is 18.3 Å². The Morgan fingerprint density at radius 2 is 2.12 bits per heavy atom. The molecule has 7 heteroatoms. The minimum atomic E-state index is -0.518. The monoisotopic (exact) mass is 342 g/mol. The molecule has 0 aliphatic carbocycles. The average molecular weight is 342 g/mol. The van der Waals surface area contributed by atoms with E-state index in [1.54, 1.807) is 29.2 Å². The van der Waals surface area contributed by atoms with Gasteiger partial charge in [0.05, 0.1) is 6.26 Å². The van der Waals surface area contributed by atoms with Crippen LogP contribution in [0.1, 0.15) is 29.5 Å². The quantitative estimate of drug-likeness (QED) is 0.862. The second-order valence-corrected chi connectivity index (χ2v) is 5.71. The van der Waals surface area contributed by atoms with Gasteiger partial charge in [0.25, 0.3) is 11.8 Å². The van der Waals surface area contributed by atoms with E-state index in [4.69, 9.17) is 4.42 Å². The van der Waals surface area contributed by atoms with Crippen LogP contribution >= 0.6 is 0 Å². The van der Waals surface area contributed by atoms with Crippen molar-refractivity contribution in [1.29, 1.82) is 0 Å². The van der Waals surface area contributed by atoms with Crippen molar-refractivity contribution in [3.63, 3.8) is 0 Å². The van der Waals surface area contributed by atoms with E-state index < -0.39 is 11.9 Å². The van der Waals surface area contributed by atoms with Crippen LogP contribution in [0.2, 0.25) is 0 Å². The van der Waals surface area contributed by atoms with E-state index >= 15 is 0 Å². The van der Waals surface area contributed by atoms with E-state index in [1.807, 2.05) is 6.07 Å². The number of benzene rings is 1. The summed E-state index contributed by atoms with van der Waals surface area (Å²) in [6.07, 6.45) is 3.18. The smallest absolute Gasteiger partial charge is 0.303 e. The molecular weight excluding hydrogens is 324 g/mol. The number of carbonyl (C=O) groups is 3. The summed E-state index contributed by atoms with van der Waals surface area (Å²) < 4.78 is 9.87. The molecule has 0 saturated carbocycles. The van der Waals surface area contributed by atoms with Gasteiger partial charge in [-0.2, -0.15) is 0 Å². The first-order chi connectivity index (χ1) is 12.0. The molecule has 1 aromatic carbocycles. The predicted octanol–water partition coefficient (Wildman–Crippen LogP) is 2.37. The zero-order chi connectivity index (χ0) is 17.8. The van der Waals surface area contributed by atoms with Crippen LogP contribution in [-0.4, -0.2) is 30.9 Å². The Balaban J connectivity index is 1.79. The molecule has 2 heterocycles. The van der Waals surface area contributed by atoms with Crippen LogP contribution < -0.4 is 10.2 Å². The summed E-state index contributed by atoms with van der Waals surface area (Å²) in [5, 5.41) is 2.66. The highest BCUT2D eigenvalue weighted by Crippen LogP contribution is 2.31. The molecule has 2 aromatic rings. The molecule has 0 saturated heterocycles. The number of esters is 1. The number of hydrogen-bond donors (Lipinski definition) is 1. The van der Waals surface area contributed by atoms with Crippen molar-refractivity contribution in [3.05, 3.63) is 47.9 Å². The number of rotatable bonds is 4. The van der Waals surface area contributed by atoms with Crippen LogP contribution in [0, 0.1) is 0 Å². The van der Waals surface area contributed by atoms with E-state index in [9.17, 15) is 14.4 Å². The number of fused-ring (bicyclic) bond motifs is 1. The van der Waals surface area contributed by atoms with Gasteiger partial charge in [-0.3, -0.25) is 14.4 Å². The van der Waals surface area contributed by atoms with Crippen LogP contribution in [0.25, 0.3) is 0 Å². The lowest BCUT2D eigenvalue weighted by Crippen LogP contribution is -2.35. The third-order valence-corrected chi connectivity index (χ3v) is 3.87. The van der Waals surface area contributed by atoms with Gasteiger partial charge >= 0.3 is 5.97 Å². The molecular formula is C18H18N2O5. The Kier molecular flexibility index (Phi) is 4.83. The van der Waals surface area contributed by atoms with E-state index in [0.717, 1.165) is 24.1 Å². The minimum Gasteiger partial charge on any atom is -0.459 e. The van der Waals surface area contributed by atoms with E-state index in [1.165, 1.54) is 13.2 Å². The Bertz CT molecular complexity index is 798. The first kappa shape index (κ1) is 16.8. The average Bonchev–Trinajstić information content (AvgIpc) is 3.13. The number of hydrogen-bond acceptors (Lipinski definition) is 5. The maximum atomic E-state index is 12.6. The summed E-state index contributed by atoms with van der Waals surface area (Å²) in [5.41, 5.74) is 2.32. The maximum Gasteiger partial charge on any atom is 0.303 e. The number of aryl methyl sites for hydroxylation is 1. The largest absolute Gasteiger partial charge is 0.459 e. The Morgan fingerprint density at radius 3 is 2.84 bits per heavy atom. The van der Waals surface area contributed by atoms with Crippen molar-refractivity contribution in [2.75, 3.05) is 23.4 Å². The number of carbonyl (C=O) groups excluding carboxylic acids is 3. The molecule has 0 atom stereocenters. The fourth-order valence-corrected chi connectivity index (χ4v) is 2.76. The summed E-state index contributed by atoms with van der Waals surface area (Å²) in [6, 6.07) is 8.70. The number of anilines is 2. The zero-order valence-electron chi connectivity index (χ0n) is 13.8. The Hall–Kier alpha value is -3.09.